The van der Waals surface area contributed by atoms with Crippen molar-refractivity contribution in [2.75, 3.05) is 49.5 Å². The van der Waals surface area contributed by atoms with Crippen LogP contribution in [0.15, 0.2) is 54.6 Å². The topological polar surface area (TPSA) is 31.4 Å². The van der Waals surface area contributed by atoms with E-state index in [9.17, 15) is 0 Å². The summed E-state index contributed by atoms with van der Waals surface area (Å²) in [7, 11) is 0. The first kappa shape index (κ1) is 16.4. The van der Waals surface area contributed by atoms with Crippen molar-refractivity contribution in [1.82, 2.24) is 9.88 Å². The lowest BCUT2D eigenvalue weighted by molar-refractivity contribution is 0.257. The Morgan fingerprint density at radius 2 is 1.68 bits per heavy atom. The molecule has 0 aliphatic carbocycles. The Bertz CT molecular complexity index is 761. The highest BCUT2D eigenvalue weighted by atomic mass is 32.1. The Balaban J connectivity index is 1.18. The maximum atomic E-state index is 4.63. The molecule has 0 radical (unpaired) electrons. The highest BCUT2D eigenvalue weighted by Crippen LogP contribution is 2.25. The SMILES string of the molecule is c1ccc(N2CCN(CCCNc3nc4ccccc4s3)CC2)cc1. The largest absolute Gasteiger partial charge is 0.369 e. The normalized spacial score (nSPS) is 15.6. The van der Waals surface area contributed by atoms with E-state index in [0.717, 1.165) is 56.3 Å². The predicted octanol–water partition coefficient (Wildman–Crippen LogP) is 3.92. The third-order valence-electron chi connectivity index (χ3n) is 4.71. The monoisotopic (exact) mass is 352 g/mol. The number of nitrogens with zero attached hydrogens (tertiary/aromatic N) is 3. The molecule has 3 aromatic rings. The lowest BCUT2D eigenvalue weighted by atomic mass is 10.2. The Hall–Kier alpha value is -2.11. The second-order valence-corrected chi connectivity index (χ2v) is 7.46. The number of anilines is 2. The molecule has 25 heavy (non-hydrogen) atoms. The van der Waals surface area contributed by atoms with Crippen molar-refractivity contribution in [3.8, 4) is 0 Å². The smallest absolute Gasteiger partial charge is 0.183 e. The van der Waals surface area contributed by atoms with Crippen LogP contribution in [0.3, 0.4) is 0 Å². The number of hydrogen-bond acceptors (Lipinski definition) is 5. The predicted molar refractivity (Wildman–Crippen MR) is 108 cm³/mol. The highest BCUT2D eigenvalue weighted by molar-refractivity contribution is 7.22. The zero-order valence-corrected chi connectivity index (χ0v) is 15.2. The van der Waals surface area contributed by atoms with Gasteiger partial charge in [-0.15, -0.1) is 0 Å². The van der Waals surface area contributed by atoms with Gasteiger partial charge < -0.3 is 10.2 Å². The summed E-state index contributed by atoms with van der Waals surface area (Å²) in [5, 5.41) is 4.52. The standard InChI is InChI=1S/C20H24N4S/c1-2-7-17(8-3-1)24-15-13-23(14-16-24)12-6-11-21-20-22-18-9-4-5-10-19(18)25-20/h1-5,7-10H,6,11-16H2,(H,21,22). The number of para-hydroxylation sites is 2. The minimum Gasteiger partial charge on any atom is -0.369 e. The molecule has 4 rings (SSSR count). The van der Waals surface area contributed by atoms with E-state index in [1.165, 1.54) is 10.4 Å². The zero-order valence-electron chi connectivity index (χ0n) is 14.4. The number of thiazole rings is 1. The number of fused-ring (bicyclic) bond motifs is 1. The van der Waals surface area contributed by atoms with Crippen molar-refractivity contribution in [3.63, 3.8) is 0 Å². The molecule has 2 aromatic carbocycles. The number of aromatic nitrogens is 1. The van der Waals surface area contributed by atoms with E-state index in [0.29, 0.717) is 0 Å². The number of rotatable bonds is 6. The fourth-order valence-corrected chi connectivity index (χ4v) is 4.21. The van der Waals surface area contributed by atoms with Crippen LogP contribution in [-0.2, 0) is 0 Å². The van der Waals surface area contributed by atoms with E-state index < -0.39 is 0 Å². The average Bonchev–Trinajstić information content (AvgIpc) is 3.09. The van der Waals surface area contributed by atoms with Gasteiger partial charge in [-0.2, -0.15) is 0 Å². The van der Waals surface area contributed by atoms with Crippen molar-refractivity contribution in [1.29, 1.82) is 0 Å². The first-order valence-electron chi connectivity index (χ1n) is 9.00. The molecule has 1 aliphatic heterocycles. The first-order chi connectivity index (χ1) is 12.4. The van der Waals surface area contributed by atoms with Gasteiger partial charge in [0.25, 0.3) is 0 Å². The van der Waals surface area contributed by atoms with E-state index in [1.54, 1.807) is 11.3 Å². The number of piperazine rings is 1. The Morgan fingerprint density at radius 1 is 0.920 bits per heavy atom. The third-order valence-corrected chi connectivity index (χ3v) is 5.71. The molecule has 1 fully saturated rings. The second-order valence-electron chi connectivity index (χ2n) is 6.43. The molecular weight excluding hydrogens is 328 g/mol. The molecule has 130 valence electrons. The van der Waals surface area contributed by atoms with Crippen LogP contribution < -0.4 is 10.2 Å². The van der Waals surface area contributed by atoms with Gasteiger partial charge in [0.05, 0.1) is 10.2 Å². The first-order valence-corrected chi connectivity index (χ1v) is 9.82. The van der Waals surface area contributed by atoms with E-state index >= 15 is 0 Å². The fraction of sp³-hybridized carbons (Fsp3) is 0.350. The van der Waals surface area contributed by atoms with Crippen molar-refractivity contribution < 1.29 is 0 Å². The molecule has 0 unspecified atom stereocenters. The Labute approximate surface area is 153 Å². The van der Waals surface area contributed by atoms with E-state index in [-0.39, 0.29) is 0 Å². The minimum absolute atomic E-state index is 0.985. The van der Waals surface area contributed by atoms with Crippen molar-refractivity contribution in [2.45, 2.75) is 6.42 Å². The molecular formula is C20H24N4S. The lowest BCUT2D eigenvalue weighted by Crippen LogP contribution is -2.46. The van der Waals surface area contributed by atoms with Gasteiger partial charge in [-0.25, -0.2) is 4.98 Å². The summed E-state index contributed by atoms with van der Waals surface area (Å²) in [5.74, 6) is 0. The van der Waals surface area contributed by atoms with Gasteiger partial charge in [0.15, 0.2) is 5.13 Å². The van der Waals surface area contributed by atoms with Crippen molar-refractivity contribution >= 4 is 32.4 Å². The lowest BCUT2D eigenvalue weighted by Gasteiger charge is -2.36. The summed E-state index contributed by atoms with van der Waals surface area (Å²) in [6, 6.07) is 19.0. The van der Waals surface area contributed by atoms with E-state index in [4.69, 9.17) is 0 Å². The van der Waals surface area contributed by atoms with Crippen LogP contribution in [0, 0.1) is 0 Å². The Kier molecular flexibility index (Phi) is 5.14. The molecule has 0 atom stereocenters. The molecule has 0 spiro atoms. The van der Waals surface area contributed by atoms with Crippen LogP contribution in [0.5, 0.6) is 0 Å². The van der Waals surface area contributed by atoms with Crippen LogP contribution in [-0.4, -0.2) is 49.2 Å². The van der Waals surface area contributed by atoms with Crippen LogP contribution in [0.4, 0.5) is 10.8 Å². The van der Waals surface area contributed by atoms with Gasteiger partial charge in [-0.1, -0.05) is 41.7 Å². The molecule has 1 saturated heterocycles. The maximum Gasteiger partial charge on any atom is 0.183 e. The van der Waals surface area contributed by atoms with Crippen LogP contribution in [0.25, 0.3) is 10.2 Å². The van der Waals surface area contributed by atoms with E-state index in [2.05, 4.69) is 68.6 Å². The van der Waals surface area contributed by atoms with Gasteiger partial charge in [0, 0.05) is 38.4 Å². The summed E-state index contributed by atoms with van der Waals surface area (Å²) in [6.45, 7) is 6.68. The van der Waals surface area contributed by atoms with Gasteiger partial charge in [-0.05, 0) is 37.2 Å². The second kappa shape index (κ2) is 7.85. The molecule has 1 N–H and O–H groups in total. The number of hydrogen-bond donors (Lipinski definition) is 1. The quantitative estimate of drug-likeness (QED) is 0.681. The molecule has 4 nitrogen and oxygen atoms in total. The summed E-state index contributed by atoms with van der Waals surface area (Å²) in [4.78, 5) is 9.68. The number of benzene rings is 2. The van der Waals surface area contributed by atoms with E-state index in [1.807, 2.05) is 6.07 Å². The van der Waals surface area contributed by atoms with Crippen molar-refractivity contribution in [3.05, 3.63) is 54.6 Å². The molecule has 0 amide bonds. The summed E-state index contributed by atoms with van der Waals surface area (Å²) in [6.07, 6.45) is 1.15. The zero-order chi connectivity index (χ0) is 16.9. The highest BCUT2D eigenvalue weighted by Gasteiger charge is 2.16. The maximum absolute atomic E-state index is 4.63. The summed E-state index contributed by atoms with van der Waals surface area (Å²) in [5.41, 5.74) is 2.44. The van der Waals surface area contributed by atoms with Gasteiger partial charge in [0.1, 0.15) is 0 Å². The molecule has 0 saturated carbocycles. The van der Waals surface area contributed by atoms with Gasteiger partial charge in [-0.3, -0.25) is 4.90 Å². The van der Waals surface area contributed by atoms with Gasteiger partial charge >= 0.3 is 0 Å². The molecule has 2 heterocycles. The molecule has 1 aliphatic rings. The van der Waals surface area contributed by atoms with Crippen molar-refractivity contribution in [2.24, 2.45) is 0 Å². The molecule has 1 aromatic heterocycles. The summed E-state index contributed by atoms with van der Waals surface area (Å²) < 4.78 is 1.25. The van der Waals surface area contributed by atoms with Crippen LogP contribution in [0.2, 0.25) is 0 Å². The molecule has 5 heteroatoms. The Morgan fingerprint density at radius 3 is 2.48 bits per heavy atom. The molecule has 0 bridgehead atoms. The van der Waals surface area contributed by atoms with Crippen LogP contribution >= 0.6 is 11.3 Å². The third kappa shape index (κ3) is 4.11. The van der Waals surface area contributed by atoms with Crippen LogP contribution in [0.1, 0.15) is 6.42 Å². The average molecular weight is 353 g/mol. The fourth-order valence-electron chi connectivity index (χ4n) is 3.31. The van der Waals surface area contributed by atoms with Gasteiger partial charge in [0.2, 0.25) is 0 Å². The minimum atomic E-state index is 0.985. The number of nitrogens with one attached hydrogen (secondary N) is 1. The summed E-state index contributed by atoms with van der Waals surface area (Å²) >= 11 is 1.74.